The zero-order chi connectivity index (χ0) is 25.9. The van der Waals surface area contributed by atoms with Crippen molar-refractivity contribution in [1.82, 2.24) is 24.6 Å². The molecule has 0 spiro atoms. The van der Waals surface area contributed by atoms with E-state index in [0.29, 0.717) is 30.4 Å². The van der Waals surface area contributed by atoms with Crippen molar-refractivity contribution in [1.29, 1.82) is 0 Å². The number of nitrogens with zero attached hydrogens (tertiary/aromatic N) is 7. The van der Waals surface area contributed by atoms with Crippen LogP contribution in [0, 0.1) is 18.6 Å². The normalized spacial score (nSPS) is 18.4. The van der Waals surface area contributed by atoms with E-state index in [9.17, 15) is 13.9 Å². The zero-order valence-electron chi connectivity index (χ0n) is 21.3. The first-order valence-corrected chi connectivity index (χ1v) is 12.6. The molecule has 2 aliphatic rings. The summed E-state index contributed by atoms with van der Waals surface area (Å²) in [5.74, 6) is 0.354. The van der Waals surface area contributed by atoms with E-state index in [2.05, 4.69) is 30.9 Å². The Labute approximate surface area is 227 Å². The molecule has 2 fully saturated rings. The molecule has 0 amide bonds. The minimum absolute atomic E-state index is 0. The van der Waals surface area contributed by atoms with E-state index in [0.717, 1.165) is 56.3 Å². The van der Waals surface area contributed by atoms with Gasteiger partial charge < -0.3 is 20.6 Å². The summed E-state index contributed by atoms with van der Waals surface area (Å²) in [6, 6.07) is 5.55. The summed E-state index contributed by atoms with van der Waals surface area (Å²) < 4.78 is 28.9. The monoisotopic (exact) mass is 546 g/mol. The average Bonchev–Trinajstić information content (AvgIpc) is 3.50. The fraction of sp³-hybridized carbons (Fsp3) is 0.423. The number of anilines is 3. The van der Waals surface area contributed by atoms with Gasteiger partial charge in [0.1, 0.15) is 17.5 Å². The van der Waals surface area contributed by atoms with Crippen LogP contribution in [0.15, 0.2) is 36.5 Å². The fourth-order valence-electron chi connectivity index (χ4n) is 5.08. The SMILES string of the molecule is Cc1c(/C=C/CN2CCN(c3cc(F)cc(F)c3)CC2)cnn1-c1cc(N2CCC[C@H]2CO)nc(N)n1.Cl. The molecule has 4 heterocycles. The second-order valence-corrected chi connectivity index (χ2v) is 9.53. The van der Waals surface area contributed by atoms with Gasteiger partial charge >= 0.3 is 0 Å². The first-order chi connectivity index (χ1) is 17.9. The van der Waals surface area contributed by atoms with Crippen molar-refractivity contribution in [2.24, 2.45) is 0 Å². The third kappa shape index (κ3) is 6.06. The first kappa shape index (κ1) is 27.7. The molecular weight excluding hydrogens is 514 g/mol. The molecule has 0 radical (unpaired) electrons. The summed E-state index contributed by atoms with van der Waals surface area (Å²) in [5.41, 5.74) is 8.51. The molecule has 0 unspecified atom stereocenters. The predicted octanol–water partition coefficient (Wildman–Crippen LogP) is 3.05. The molecule has 12 heteroatoms. The summed E-state index contributed by atoms with van der Waals surface area (Å²) in [6.45, 7) is 6.66. The van der Waals surface area contributed by atoms with E-state index in [1.807, 2.05) is 24.0 Å². The number of aliphatic hydroxyl groups is 1. The van der Waals surface area contributed by atoms with E-state index in [1.54, 1.807) is 10.9 Å². The van der Waals surface area contributed by atoms with Gasteiger partial charge in [0.2, 0.25) is 5.95 Å². The van der Waals surface area contributed by atoms with E-state index in [-0.39, 0.29) is 31.0 Å². The van der Waals surface area contributed by atoms with Crippen LogP contribution >= 0.6 is 12.4 Å². The highest BCUT2D eigenvalue weighted by Crippen LogP contribution is 2.26. The molecule has 0 aliphatic carbocycles. The van der Waals surface area contributed by atoms with Crippen LogP contribution in [0.3, 0.4) is 0 Å². The van der Waals surface area contributed by atoms with Crippen molar-refractivity contribution < 1.29 is 13.9 Å². The molecule has 1 aromatic carbocycles. The van der Waals surface area contributed by atoms with Crippen molar-refractivity contribution >= 4 is 35.9 Å². The van der Waals surface area contributed by atoms with Gasteiger partial charge in [-0.15, -0.1) is 12.4 Å². The van der Waals surface area contributed by atoms with Crippen molar-refractivity contribution in [3.8, 4) is 5.82 Å². The Morgan fingerprint density at radius 2 is 1.74 bits per heavy atom. The summed E-state index contributed by atoms with van der Waals surface area (Å²) in [7, 11) is 0. The van der Waals surface area contributed by atoms with Crippen LogP contribution in [0.4, 0.5) is 26.2 Å². The van der Waals surface area contributed by atoms with Crippen molar-refractivity contribution in [3.63, 3.8) is 0 Å². The van der Waals surface area contributed by atoms with Gasteiger partial charge in [0.15, 0.2) is 5.82 Å². The smallest absolute Gasteiger partial charge is 0.224 e. The van der Waals surface area contributed by atoms with Crippen molar-refractivity contribution in [3.05, 3.63) is 59.4 Å². The maximum Gasteiger partial charge on any atom is 0.224 e. The Bertz CT molecular complexity index is 1260. The summed E-state index contributed by atoms with van der Waals surface area (Å²) >= 11 is 0. The van der Waals surface area contributed by atoms with E-state index in [4.69, 9.17) is 5.73 Å². The molecule has 1 atom stereocenters. The van der Waals surface area contributed by atoms with Crippen molar-refractivity contribution in [2.45, 2.75) is 25.8 Å². The standard InChI is InChI=1S/C26H32F2N8O.ClH/c1-18-19(4-2-6-33-8-10-34(11-9-33)23-13-20(27)12-21(28)14-23)16-30-36(18)25-15-24(31-26(29)32-25)35-7-3-5-22(35)17-37;/h2,4,12-16,22,37H,3,5-11,17H2,1H3,(H2,29,31,32);1H/b4-2+;/t22-;/m0./s1. The van der Waals surface area contributed by atoms with Gasteiger partial charge in [-0.3, -0.25) is 4.90 Å². The largest absolute Gasteiger partial charge is 0.394 e. The molecule has 204 valence electrons. The zero-order valence-corrected chi connectivity index (χ0v) is 22.1. The van der Waals surface area contributed by atoms with Crippen LogP contribution in [0.25, 0.3) is 11.9 Å². The molecule has 3 aromatic rings. The Kier molecular flexibility index (Phi) is 8.80. The quantitative estimate of drug-likeness (QED) is 0.466. The van der Waals surface area contributed by atoms with E-state index >= 15 is 0 Å². The Morgan fingerprint density at radius 3 is 2.45 bits per heavy atom. The lowest BCUT2D eigenvalue weighted by atomic mass is 10.2. The maximum absolute atomic E-state index is 13.6. The Morgan fingerprint density at radius 1 is 1.03 bits per heavy atom. The Hall–Kier alpha value is -3.28. The third-order valence-corrected chi connectivity index (χ3v) is 7.11. The minimum atomic E-state index is -0.553. The van der Waals surface area contributed by atoms with E-state index in [1.165, 1.54) is 12.1 Å². The molecule has 38 heavy (non-hydrogen) atoms. The van der Waals surface area contributed by atoms with Crippen LogP contribution in [-0.4, -0.2) is 81.7 Å². The second kappa shape index (κ2) is 12.1. The second-order valence-electron chi connectivity index (χ2n) is 9.53. The lowest BCUT2D eigenvalue weighted by Crippen LogP contribution is -2.46. The van der Waals surface area contributed by atoms with Gasteiger partial charge in [-0.2, -0.15) is 15.1 Å². The number of benzene rings is 1. The van der Waals surface area contributed by atoms with Gasteiger partial charge in [0.05, 0.1) is 24.5 Å². The van der Waals surface area contributed by atoms with Gasteiger partial charge in [-0.1, -0.05) is 12.2 Å². The van der Waals surface area contributed by atoms with Gasteiger partial charge in [-0.05, 0) is 31.9 Å². The molecule has 3 N–H and O–H groups in total. The summed E-state index contributed by atoms with van der Waals surface area (Å²) in [6.07, 6.45) is 7.86. The highest BCUT2D eigenvalue weighted by molar-refractivity contribution is 5.85. The van der Waals surface area contributed by atoms with Crippen LogP contribution in [0.2, 0.25) is 0 Å². The van der Waals surface area contributed by atoms with Crippen LogP contribution < -0.4 is 15.5 Å². The molecule has 0 saturated carbocycles. The number of piperazine rings is 1. The number of aliphatic hydroxyl groups excluding tert-OH is 1. The average molecular weight is 547 g/mol. The third-order valence-electron chi connectivity index (χ3n) is 7.11. The number of aromatic nitrogens is 4. The van der Waals surface area contributed by atoms with Crippen LogP contribution in [0.1, 0.15) is 24.1 Å². The van der Waals surface area contributed by atoms with Crippen molar-refractivity contribution in [2.75, 3.05) is 61.4 Å². The highest BCUT2D eigenvalue weighted by atomic mass is 35.5. The molecule has 0 bridgehead atoms. The number of hydrogen-bond acceptors (Lipinski definition) is 8. The lowest BCUT2D eigenvalue weighted by Gasteiger charge is -2.35. The number of nitrogens with two attached hydrogens (primary N) is 1. The molecule has 2 saturated heterocycles. The van der Waals surface area contributed by atoms with Crippen LogP contribution in [-0.2, 0) is 0 Å². The number of rotatable bonds is 7. The first-order valence-electron chi connectivity index (χ1n) is 12.6. The molecule has 5 rings (SSSR count). The maximum atomic E-state index is 13.6. The fourth-order valence-corrected chi connectivity index (χ4v) is 5.08. The molecule has 2 aromatic heterocycles. The summed E-state index contributed by atoms with van der Waals surface area (Å²) in [4.78, 5) is 15.2. The van der Waals surface area contributed by atoms with Gasteiger partial charge in [0.25, 0.3) is 0 Å². The molecular formula is C26H33ClF2N8O. The number of hydrogen-bond donors (Lipinski definition) is 2. The number of nitrogen functional groups attached to an aromatic ring is 1. The molecule has 9 nitrogen and oxygen atoms in total. The van der Waals surface area contributed by atoms with E-state index < -0.39 is 11.6 Å². The van der Waals surface area contributed by atoms with Gasteiger partial charge in [0, 0.05) is 62.7 Å². The highest BCUT2D eigenvalue weighted by Gasteiger charge is 2.26. The van der Waals surface area contributed by atoms with Gasteiger partial charge in [-0.25, -0.2) is 13.5 Å². The number of halogens is 3. The van der Waals surface area contributed by atoms with Crippen LogP contribution in [0.5, 0.6) is 0 Å². The predicted molar refractivity (Wildman–Crippen MR) is 147 cm³/mol. The lowest BCUT2D eigenvalue weighted by molar-refractivity contribution is 0.266. The summed E-state index contributed by atoms with van der Waals surface area (Å²) in [5, 5.41) is 14.2. The minimum Gasteiger partial charge on any atom is -0.394 e. The Balaban J connectivity index is 0.00000336. The topological polar surface area (TPSA) is 99.6 Å². The molecule has 2 aliphatic heterocycles.